The van der Waals surface area contributed by atoms with Crippen molar-refractivity contribution in [2.75, 3.05) is 6.54 Å². The van der Waals surface area contributed by atoms with Gasteiger partial charge in [0, 0.05) is 16.6 Å². The van der Waals surface area contributed by atoms with Crippen LogP contribution in [0.1, 0.15) is 19.4 Å². The third kappa shape index (κ3) is 4.51. The minimum absolute atomic E-state index is 0. The predicted octanol–water partition coefficient (Wildman–Crippen LogP) is 2.19. The molecule has 0 aliphatic rings. The highest BCUT2D eigenvalue weighted by atomic mass is 79.9. The molecule has 1 aromatic rings. The zero-order valence-corrected chi connectivity index (χ0v) is 13.7. The van der Waals surface area contributed by atoms with Crippen LogP contribution in [0.4, 0.5) is 0 Å². The number of hydrogen-bond donors (Lipinski definition) is 2. The number of nitrogens with two attached hydrogens (primary N) is 1. The molecule has 0 fully saturated rings. The van der Waals surface area contributed by atoms with E-state index >= 15 is 0 Å². The summed E-state index contributed by atoms with van der Waals surface area (Å²) in [4.78, 5) is 0.272. The zero-order valence-electron chi connectivity index (χ0n) is 10.5. The highest BCUT2D eigenvalue weighted by Gasteiger charge is 2.26. The van der Waals surface area contributed by atoms with E-state index in [4.69, 9.17) is 5.73 Å². The molecule has 0 amide bonds. The lowest BCUT2D eigenvalue weighted by Crippen LogP contribution is -2.48. The maximum atomic E-state index is 12.2. The second-order valence-electron chi connectivity index (χ2n) is 4.60. The standard InChI is InChI=1S/C11H17BrN2O2S.ClH/c1-8-4-5-9(12)6-10(8)17(15,16)14-11(2,3)7-13;/h4-6,14H,7,13H2,1-3H3;1H. The number of rotatable bonds is 4. The van der Waals surface area contributed by atoms with Gasteiger partial charge < -0.3 is 5.73 Å². The lowest BCUT2D eigenvalue weighted by atomic mass is 10.1. The molecule has 4 nitrogen and oxygen atoms in total. The summed E-state index contributed by atoms with van der Waals surface area (Å²) >= 11 is 3.27. The van der Waals surface area contributed by atoms with Gasteiger partial charge in [0.05, 0.1) is 4.90 Å². The van der Waals surface area contributed by atoms with Crippen LogP contribution >= 0.6 is 28.3 Å². The number of halogens is 2. The number of aryl methyl sites for hydroxylation is 1. The Bertz CT molecular complexity index is 518. The molecule has 0 saturated heterocycles. The maximum Gasteiger partial charge on any atom is 0.241 e. The van der Waals surface area contributed by atoms with Crippen molar-refractivity contribution in [2.24, 2.45) is 5.73 Å². The van der Waals surface area contributed by atoms with E-state index in [1.54, 1.807) is 32.9 Å². The summed E-state index contributed by atoms with van der Waals surface area (Å²) in [5.74, 6) is 0. The Balaban J connectivity index is 0.00000289. The van der Waals surface area contributed by atoms with E-state index in [1.165, 1.54) is 0 Å². The SMILES string of the molecule is Cc1ccc(Br)cc1S(=O)(=O)NC(C)(C)CN.Cl. The van der Waals surface area contributed by atoms with Crippen LogP contribution in [0.15, 0.2) is 27.6 Å². The molecule has 18 heavy (non-hydrogen) atoms. The Morgan fingerprint density at radius 3 is 2.44 bits per heavy atom. The molecule has 0 aliphatic heterocycles. The topological polar surface area (TPSA) is 72.2 Å². The number of sulfonamides is 1. The second-order valence-corrected chi connectivity index (χ2v) is 7.17. The van der Waals surface area contributed by atoms with E-state index in [2.05, 4.69) is 20.7 Å². The third-order valence-electron chi connectivity index (χ3n) is 2.36. The van der Waals surface area contributed by atoms with Gasteiger partial charge in [0.15, 0.2) is 0 Å². The van der Waals surface area contributed by atoms with Crippen LogP contribution in [0.2, 0.25) is 0 Å². The Morgan fingerprint density at radius 1 is 1.39 bits per heavy atom. The van der Waals surface area contributed by atoms with Crippen molar-refractivity contribution in [1.29, 1.82) is 0 Å². The van der Waals surface area contributed by atoms with Crippen LogP contribution < -0.4 is 10.5 Å². The average Bonchev–Trinajstić information content (AvgIpc) is 2.20. The fourth-order valence-electron chi connectivity index (χ4n) is 1.32. The molecule has 0 bridgehead atoms. The van der Waals surface area contributed by atoms with Gasteiger partial charge in [0.2, 0.25) is 10.0 Å². The quantitative estimate of drug-likeness (QED) is 0.867. The van der Waals surface area contributed by atoms with Gasteiger partial charge in [0.25, 0.3) is 0 Å². The molecular formula is C11H18BrClN2O2S. The summed E-state index contributed by atoms with van der Waals surface area (Å²) in [6, 6.07) is 5.15. The molecule has 0 spiro atoms. The predicted molar refractivity (Wildman–Crippen MR) is 79.6 cm³/mol. The normalized spacial score (nSPS) is 12.1. The molecule has 0 atom stereocenters. The minimum Gasteiger partial charge on any atom is -0.329 e. The van der Waals surface area contributed by atoms with Gasteiger partial charge in [-0.05, 0) is 38.5 Å². The molecule has 0 heterocycles. The second kappa shape index (κ2) is 6.34. The molecule has 0 aromatic heterocycles. The van der Waals surface area contributed by atoms with Crippen LogP contribution in [0, 0.1) is 6.92 Å². The Labute approximate surface area is 123 Å². The summed E-state index contributed by atoms with van der Waals surface area (Å²) in [7, 11) is -3.54. The van der Waals surface area contributed by atoms with E-state index in [0.29, 0.717) is 5.56 Å². The van der Waals surface area contributed by atoms with Crippen molar-refractivity contribution in [3.63, 3.8) is 0 Å². The van der Waals surface area contributed by atoms with Crippen molar-refractivity contribution in [2.45, 2.75) is 31.2 Å². The molecule has 7 heteroatoms. The van der Waals surface area contributed by atoms with Crippen molar-refractivity contribution in [3.05, 3.63) is 28.2 Å². The van der Waals surface area contributed by atoms with Crippen LogP contribution in [0.3, 0.4) is 0 Å². The number of hydrogen-bond acceptors (Lipinski definition) is 3. The smallest absolute Gasteiger partial charge is 0.241 e. The number of benzene rings is 1. The van der Waals surface area contributed by atoms with Crippen molar-refractivity contribution in [1.82, 2.24) is 4.72 Å². The minimum atomic E-state index is -3.54. The summed E-state index contributed by atoms with van der Waals surface area (Å²) in [6.07, 6.45) is 0. The summed E-state index contributed by atoms with van der Waals surface area (Å²) in [5.41, 5.74) is 5.57. The van der Waals surface area contributed by atoms with Crippen LogP contribution in [-0.4, -0.2) is 20.5 Å². The highest BCUT2D eigenvalue weighted by molar-refractivity contribution is 9.10. The van der Waals surface area contributed by atoms with Gasteiger partial charge in [0.1, 0.15) is 0 Å². The fraction of sp³-hybridized carbons (Fsp3) is 0.455. The maximum absolute atomic E-state index is 12.2. The molecule has 0 saturated carbocycles. The molecule has 104 valence electrons. The largest absolute Gasteiger partial charge is 0.329 e. The first-order chi connectivity index (χ1) is 7.68. The van der Waals surface area contributed by atoms with Crippen molar-refractivity contribution < 1.29 is 8.42 Å². The van der Waals surface area contributed by atoms with E-state index < -0.39 is 15.6 Å². The van der Waals surface area contributed by atoms with Gasteiger partial charge in [-0.3, -0.25) is 0 Å². The first-order valence-corrected chi connectivity index (χ1v) is 7.46. The van der Waals surface area contributed by atoms with E-state index in [1.807, 2.05) is 6.07 Å². The van der Waals surface area contributed by atoms with Crippen LogP contribution in [-0.2, 0) is 10.0 Å². The Morgan fingerprint density at radius 2 is 1.94 bits per heavy atom. The zero-order chi connectivity index (χ0) is 13.3. The molecule has 0 unspecified atom stereocenters. The third-order valence-corrected chi connectivity index (χ3v) is 4.69. The number of nitrogens with one attached hydrogen (secondary N) is 1. The van der Waals surface area contributed by atoms with Crippen molar-refractivity contribution in [3.8, 4) is 0 Å². The molecular weight excluding hydrogens is 340 g/mol. The monoisotopic (exact) mass is 356 g/mol. The Hall–Kier alpha value is -0.140. The van der Waals surface area contributed by atoms with E-state index in [0.717, 1.165) is 4.47 Å². The van der Waals surface area contributed by atoms with Crippen molar-refractivity contribution >= 4 is 38.4 Å². The lowest BCUT2D eigenvalue weighted by molar-refractivity contribution is 0.462. The first-order valence-electron chi connectivity index (χ1n) is 5.18. The summed E-state index contributed by atoms with van der Waals surface area (Å²) in [6.45, 7) is 5.49. The molecule has 3 N–H and O–H groups in total. The lowest BCUT2D eigenvalue weighted by Gasteiger charge is -2.24. The van der Waals surface area contributed by atoms with Gasteiger partial charge in [-0.2, -0.15) is 0 Å². The van der Waals surface area contributed by atoms with E-state index in [9.17, 15) is 8.42 Å². The van der Waals surface area contributed by atoms with Gasteiger partial charge in [-0.1, -0.05) is 22.0 Å². The van der Waals surface area contributed by atoms with Crippen LogP contribution in [0.5, 0.6) is 0 Å². The Kier molecular flexibility index (Phi) is 6.29. The first kappa shape index (κ1) is 17.9. The van der Waals surface area contributed by atoms with Gasteiger partial charge in [-0.25, -0.2) is 13.1 Å². The molecule has 1 rings (SSSR count). The fourth-order valence-corrected chi connectivity index (χ4v) is 3.53. The molecule has 0 aliphatic carbocycles. The average molecular weight is 358 g/mol. The van der Waals surface area contributed by atoms with Gasteiger partial charge in [-0.15, -0.1) is 12.4 Å². The molecule has 1 aromatic carbocycles. The van der Waals surface area contributed by atoms with E-state index in [-0.39, 0.29) is 23.8 Å². The molecule has 0 radical (unpaired) electrons. The summed E-state index contributed by atoms with van der Waals surface area (Å²) < 4.78 is 27.7. The van der Waals surface area contributed by atoms with Crippen LogP contribution in [0.25, 0.3) is 0 Å². The summed E-state index contributed by atoms with van der Waals surface area (Å²) in [5, 5.41) is 0. The highest BCUT2D eigenvalue weighted by Crippen LogP contribution is 2.21. The van der Waals surface area contributed by atoms with Gasteiger partial charge >= 0.3 is 0 Å².